The van der Waals surface area contributed by atoms with Gasteiger partial charge in [-0.3, -0.25) is 4.79 Å². The van der Waals surface area contributed by atoms with Gasteiger partial charge in [0.1, 0.15) is 6.04 Å². The molecule has 1 aliphatic carbocycles. The van der Waals surface area contributed by atoms with Gasteiger partial charge in [0.25, 0.3) is 0 Å². The highest BCUT2D eigenvalue weighted by Gasteiger charge is 2.23. The number of carbonyl (C=O) groups is 2. The van der Waals surface area contributed by atoms with Crippen LogP contribution in [-0.4, -0.2) is 33.2 Å². The van der Waals surface area contributed by atoms with E-state index < -0.39 is 12.0 Å². The van der Waals surface area contributed by atoms with Crippen LogP contribution in [0.4, 0.5) is 0 Å². The third-order valence-electron chi connectivity index (χ3n) is 4.69. The highest BCUT2D eigenvalue weighted by molar-refractivity contribution is 5.83. The van der Waals surface area contributed by atoms with E-state index in [4.69, 9.17) is 4.52 Å². The molecule has 138 valence electrons. The number of benzene rings is 1. The Kier molecular flexibility index (Phi) is 5.99. The van der Waals surface area contributed by atoms with Crippen molar-refractivity contribution >= 4 is 11.9 Å². The predicted octanol–water partition coefficient (Wildman–Crippen LogP) is 2.47. The third kappa shape index (κ3) is 4.91. The van der Waals surface area contributed by atoms with Gasteiger partial charge in [0.2, 0.25) is 11.8 Å². The quantitative estimate of drug-likeness (QED) is 0.752. The van der Waals surface area contributed by atoms with E-state index in [1.807, 2.05) is 30.3 Å². The average molecular weight is 357 g/mol. The number of aromatic nitrogens is 2. The molecule has 1 atom stereocenters. The molecule has 1 heterocycles. The number of rotatable bonds is 8. The summed E-state index contributed by atoms with van der Waals surface area (Å²) >= 11 is 0. The van der Waals surface area contributed by atoms with E-state index >= 15 is 0 Å². The molecule has 1 fully saturated rings. The second-order valence-corrected chi connectivity index (χ2v) is 6.68. The molecule has 3 rings (SSSR count). The van der Waals surface area contributed by atoms with Gasteiger partial charge in [-0.1, -0.05) is 48.3 Å². The fourth-order valence-electron chi connectivity index (χ4n) is 3.26. The van der Waals surface area contributed by atoms with Crippen LogP contribution in [0.15, 0.2) is 34.9 Å². The highest BCUT2D eigenvalue weighted by atomic mass is 16.5. The molecule has 7 heteroatoms. The molecule has 1 aliphatic rings. The Labute approximate surface area is 151 Å². The van der Waals surface area contributed by atoms with E-state index in [0.29, 0.717) is 18.2 Å². The smallest absolute Gasteiger partial charge is 0.326 e. The maximum atomic E-state index is 12.1. The minimum Gasteiger partial charge on any atom is -0.480 e. The first kappa shape index (κ1) is 18.1. The van der Waals surface area contributed by atoms with Crippen molar-refractivity contribution in [2.24, 2.45) is 0 Å². The number of aryl methyl sites for hydroxylation is 1. The molecule has 1 aromatic heterocycles. The topological polar surface area (TPSA) is 105 Å². The molecule has 7 nitrogen and oxygen atoms in total. The number of carboxylic acids is 1. The van der Waals surface area contributed by atoms with Crippen LogP contribution in [-0.2, 0) is 22.4 Å². The minimum absolute atomic E-state index is 0.116. The lowest BCUT2D eigenvalue weighted by Gasteiger charge is -2.14. The number of carbonyl (C=O) groups excluding carboxylic acids is 1. The van der Waals surface area contributed by atoms with Crippen LogP contribution >= 0.6 is 0 Å². The summed E-state index contributed by atoms with van der Waals surface area (Å²) in [5, 5.41) is 15.9. The molecule has 0 saturated heterocycles. The molecule has 0 spiro atoms. The van der Waals surface area contributed by atoms with Crippen LogP contribution in [0.25, 0.3) is 0 Å². The van der Waals surface area contributed by atoms with Gasteiger partial charge in [-0.15, -0.1) is 0 Å². The lowest BCUT2D eigenvalue weighted by molar-refractivity contribution is -0.141. The molecular weight excluding hydrogens is 334 g/mol. The minimum atomic E-state index is -1.05. The van der Waals surface area contributed by atoms with E-state index in [1.54, 1.807) is 0 Å². The van der Waals surface area contributed by atoms with Crippen LogP contribution in [0, 0.1) is 0 Å². The Morgan fingerprint density at radius 2 is 1.96 bits per heavy atom. The SMILES string of the molecule is O=C(CCc1nc(C2CCCC2)no1)NC(Cc1ccccc1)C(=O)O. The van der Waals surface area contributed by atoms with Gasteiger partial charge >= 0.3 is 5.97 Å². The maximum Gasteiger partial charge on any atom is 0.326 e. The first-order chi connectivity index (χ1) is 12.6. The van der Waals surface area contributed by atoms with Gasteiger partial charge in [0.15, 0.2) is 5.82 Å². The zero-order valence-corrected chi connectivity index (χ0v) is 14.6. The summed E-state index contributed by atoms with van der Waals surface area (Å²) in [4.78, 5) is 27.9. The molecule has 2 aromatic rings. The van der Waals surface area contributed by atoms with Gasteiger partial charge in [-0.25, -0.2) is 4.79 Å². The van der Waals surface area contributed by atoms with Crippen LogP contribution < -0.4 is 5.32 Å². The van der Waals surface area contributed by atoms with Crippen molar-refractivity contribution in [3.05, 3.63) is 47.6 Å². The summed E-state index contributed by atoms with van der Waals surface area (Å²) in [6.45, 7) is 0. The summed E-state index contributed by atoms with van der Waals surface area (Å²) in [5.41, 5.74) is 0.860. The first-order valence-electron chi connectivity index (χ1n) is 9.00. The molecule has 0 radical (unpaired) electrons. The molecule has 1 saturated carbocycles. The summed E-state index contributed by atoms with van der Waals surface area (Å²) in [6, 6.07) is 8.26. The summed E-state index contributed by atoms with van der Waals surface area (Å²) < 4.78 is 5.22. The zero-order chi connectivity index (χ0) is 18.4. The lowest BCUT2D eigenvalue weighted by atomic mass is 10.1. The molecule has 26 heavy (non-hydrogen) atoms. The molecule has 2 N–H and O–H groups in total. The number of hydrogen-bond donors (Lipinski definition) is 2. The highest BCUT2D eigenvalue weighted by Crippen LogP contribution is 2.32. The Morgan fingerprint density at radius 1 is 1.23 bits per heavy atom. The molecule has 1 amide bonds. The van der Waals surface area contributed by atoms with Crippen molar-refractivity contribution in [2.45, 2.75) is 56.9 Å². The number of nitrogens with zero attached hydrogens (tertiary/aromatic N) is 2. The summed E-state index contributed by atoms with van der Waals surface area (Å²) in [5.74, 6) is 0.128. The molecule has 0 aliphatic heterocycles. The van der Waals surface area contributed by atoms with E-state index in [9.17, 15) is 14.7 Å². The monoisotopic (exact) mass is 357 g/mol. The van der Waals surface area contributed by atoms with Crippen LogP contribution in [0.3, 0.4) is 0 Å². The van der Waals surface area contributed by atoms with Crippen molar-refractivity contribution in [3.8, 4) is 0 Å². The lowest BCUT2D eigenvalue weighted by Crippen LogP contribution is -2.42. The second kappa shape index (κ2) is 8.60. The van der Waals surface area contributed by atoms with Crippen molar-refractivity contribution < 1.29 is 19.2 Å². The van der Waals surface area contributed by atoms with Crippen molar-refractivity contribution in [2.75, 3.05) is 0 Å². The fourth-order valence-corrected chi connectivity index (χ4v) is 3.26. The predicted molar refractivity (Wildman–Crippen MR) is 93.5 cm³/mol. The number of nitrogens with one attached hydrogen (secondary N) is 1. The fraction of sp³-hybridized carbons (Fsp3) is 0.474. The van der Waals surface area contributed by atoms with E-state index in [0.717, 1.165) is 24.2 Å². The number of carboxylic acid groups (broad SMARTS) is 1. The van der Waals surface area contributed by atoms with E-state index in [2.05, 4.69) is 15.5 Å². The van der Waals surface area contributed by atoms with Crippen LogP contribution in [0.1, 0.15) is 55.3 Å². The van der Waals surface area contributed by atoms with Gasteiger partial charge in [-0.05, 0) is 18.4 Å². The average Bonchev–Trinajstić information content (AvgIpc) is 3.31. The van der Waals surface area contributed by atoms with Crippen molar-refractivity contribution in [1.82, 2.24) is 15.5 Å². The van der Waals surface area contributed by atoms with Crippen LogP contribution in [0.2, 0.25) is 0 Å². The molecule has 1 unspecified atom stereocenters. The zero-order valence-electron chi connectivity index (χ0n) is 14.6. The summed E-state index contributed by atoms with van der Waals surface area (Å²) in [7, 11) is 0. The number of hydrogen-bond acceptors (Lipinski definition) is 5. The van der Waals surface area contributed by atoms with Crippen molar-refractivity contribution in [1.29, 1.82) is 0 Å². The third-order valence-corrected chi connectivity index (χ3v) is 4.69. The van der Waals surface area contributed by atoms with Gasteiger partial charge in [0, 0.05) is 25.2 Å². The van der Waals surface area contributed by atoms with E-state index in [-0.39, 0.29) is 18.7 Å². The van der Waals surface area contributed by atoms with E-state index in [1.165, 1.54) is 12.8 Å². The standard InChI is InChI=1S/C19H23N3O4/c23-16(20-15(19(24)25)12-13-6-2-1-3-7-13)10-11-17-21-18(22-26-17)14-8-4-5-9-14/h1-3,6-7,14-15H,4-5,8-12H2,(H,20,23)(H,24,25). The van der Waals surface area contributed by atoms with Gasteiger partial charge in [0.05, 0.1) is 0 Å². The normalized spacial score (nSPS) is 15.7. The first-order valence-corrected chi connectivity index (χ1v) is 9.00. The number of amides is 1. The summed E-state index contributed by atoms with van der Waals surface area (Å²) in [6.07, 6.45) is 5.21. The molecule has 1 aromatic carbocycles. The molecular formula is C19H23N3O4. The second-order valence-electron chi connectivity index (χ2n) is 6.68. The Balaban J connectivity index is 1.49. The van der Waals surface area contributed by atoms with Crippen molar-refractivity contribution in [3.63, 3.8) is 0 Å². The Morgan fingerprint density at radius 3 is 2.65 bits per heavy atom. The largest absolute Gasteiger partial charge is 0.480 e. The van der Waals surface area contributed by atoms with Crippen LogP contribution in [0.5, 0.6) is 0 Å². The van der Waals surface area contributed by atoms with Gasteiger partial charge in [-0.2, -0.15) is 4.98 Å². The Bertz CT molecular complexity index is 738. The Hall–Kier alpha value is -2.70. The molecule has 0 bridgehead atoms. The van der Waals surface area contributed by atoms with Gasteiger partial charge < -0.3 is 14.9 Å². The number of aliphatic carboxylic acids is 1. The maximum absolute atomic E-state index is 12.1.